The zero-order valence-electron chi connectivity index (χ0n) is 17.6. The smallest absolute Gasteiger partial charge is 0.221 e. The largest absolute Gasteiger partial charge is 0.326 e. The van der Waals surface area contributed by atoms with Gasteiger partial charge in [-0.3, -0.25) is 19.3 Å². The fourth-order valence-electron chi connectivity index (χ4n) is 3.35. The molecule has 1 amide bonds. The minimum Gasteiger partial charge on any atom is -0.326 e. The SMILES string of the molecule is CC(=O)Nc1cccc(C(=O)/C=C/c2cn(Cc3ccccc3)nc2-c2cccnc2)c1. The van der Waals surface area contributed by atoms with Crippen LogP contribution in [0.25, 0.3) is 17.3 Å². The van der Waals surface area contributed by atoms with Gasteiger partial charge in [0.05, 0.1) is 6.54 Å². The second kappa shape index (κ2) is 9.66. The van der Waals surface area contributed by atoms with Gasteiger partial charge in [-0.15, -0.1) is 0 Å². The van der Waals surface area contributed by atoms with Crippen LogP contribution in [-0.2, 0) is 11.3 Å². The summed E-state index contributed by atoms with van der Waals surface area (Å²) in [7, 11) is 0. The first-order chi connectivity index (χ1) is 15.6. The molecule has 4 aromatic rings. The Morgan fingerprint density at radius 2 is 1.88 bits per heavy atom. The summed E-state index contributed by atoms with van der Waals surface area (Å²) in [6.45, 7) is 2.05. The molecule has 158 valence electrons. The molecule has 2 aromatic heterocycles. The van der Waals surface area contributed by atoms with Crippen molar-refractivity contribution in [3.05, 3.63) is 108 Å². The van der Waals surface area contributed by atoms with Gasteiger partial charge in [0.15, 0.2) is 5.78 Å². The number of ketones is 1. The molecule has 4 rings (SSSR count). The van der Waals surface area contributed by atoms with Gasteiger partial charge in [0.1, 0.15) is 5.69 Å². The third-order valence-electron chi connectivity index (χ3n) is 4.79. The third kappa shape index (κ3) is 5.23. The first-order valence-electron chi connectivity index (χ1n) is 10.2. The van der Waals surface area contributed by atoms with E-state index in [9.17, 15) is 9.59 Å². The predicted octanol–water partition coefficient (Wildman–Crippen LogP) is 4.85. The molecule has 0 aliphatic rings. The molecule has 0 fully saturated rings. The zero-order chi connectivity index (χ0) is 22.3. The van der Waals surface area contributed by atoms with E-state index < -0.39 is 0 Å². The molecule has 0 saturated heterocycles. The van der Waals surface area contributed by atoms with Crippen LogP contribution >= 0.6 is 0 Å². The van der Waals surface area contributed by atoms with Gasteiger partial charge in [-0.25, -0.2) is 0 Å². The fraction of sp³-hybridized carbons (Fsp3) is 0.0769. The maximum atomic E-state index is 12.8. The molecule has 6 nitrogen and oxygen atoms in total. The summed E-state index contributed by atoms with van der Waals surface area (Å²) in [6, 6.07) is 20.7. The number of benzene rings is 2. The van der Waals surface area contributed by atoms with Crippen LogP contribution in [0.5, 0.6) is 0 Å². The number of aromatic nitrogens is 3. The number of hydrogen-bond acceptors (Lipinski definition) is 4. The van der Waals surface area contributed by atoms with Gasteiger partial charge < -0.3 is 5.32 Å². The van der Waals surface area contributed by atoms with E-state index in [1.807, 2.05) is 53.3 Å². The van der Waals surface area contributed by atoms with E-state index in [1.54, 1.807) is 42.7 Å². The van der Waals surface area contributed by atoms with E-state index in [0.29, 0.717) is 17.8 Å². The van der Waals surface area contributed by atoms with E-state index in [1.165, 1.54) is 13.0 Å². The molecular weight excluding hydrogens is 400 g/mol. The predicted molar refractivity (Wildman–Crippen MR) is 125 cm³/mol. The average Bonchev–Trinajstić information content (AvgIpc) is 3.21. The molecule has 0 bridgehead atoms. The lowest BCUT2D eigenvalue weighted by Crippen LogP contribution is -2.06. The van der Waals surface area contributed by atoms with Gasteiger partial charge in [-0.05, 0) is 42.0 Å². The molecule has 0 atom stereocenters. The van der Waals surface area contributed by atoms with Crippen molar-refractivity contribution in [1.29, 1.82) is 0 Å². The van der Waals surface area contributed by atoms with Crippen LogP contribution in [-0.4, -0.2) is 26.5 Å². The number of carbonyl (C=O) groups is 2. The number of rotatable bonds is 7. The minimum atomic E-state index is -0.183. The normalized spacial score (nSPS) is 10.9. The first kappa shape index (κ1) is 20.9. The molecule has 1 N–H and O–H groups in total. The van der Waals surface area contributed by atoms with Crippen LogP contribution in [0.1, 0.15) is 28.4 Å². The number of carbonyl (C=O) groups excluding carboxylic acids is 2. The zero-order valence-corrected chi connectivity index (χ0v) is 17.6. The van der Waals surface area contributed by atoms with Crippen molar-refractivity contribution in [2.24, 2.45) is 0 Å². The second-order valence-electron chi connectivity index (χ2n) is 7.32. The Kier molecular flexibility index (Phi) is 6.32. The molecule has 0 aliphatic heterocycles. The van der Waals surface area contributed by atoms with Crippen LogP contribution in [0.15, 0.2) is 91.4 Å². The van der Waals surface area contributed by atoms with E-state index in [4.69, 9.17) is 5.10 Å². The standard InChI is InChI=1S/C26H22N4O2/c1-19(31)28-24-11-5-9-21(15-24)25(32)13-12-23-18-30(17-20-7-3-2-4-8-20)29-26(23)22-10-6-14-27-16-22/h2-16,18H,17H2,1H3,(H,28,31)/b13-12+. The Morgan fingerprint density at radius 1 is 1.03 bits per heavy atom. The lowest BCUT2D eigenvalue weighted by Gasteiger charge is -2.03. The quantitative estimate of drug-likeness (QED) is 0.341. The molecule has 2 aromatic carbocycles. The Balaban J connectivity index is 1.62. The van der Waals surface area contributed by atoms with Crippen molar-refractivity contribution in [3.8, 4) is 11.3 Å². The highest BCUT2D eigenvalue weighted by atomic mass is 16.1. The summed E-state index contributed by atoms with van der Waals surface area (Å²) in [6.07, 6.45) is 8.69. The summed E-state index contributed by atoms with van der Waals surface area (Å²) in [5.74, 6) is -0.345. The number of allylic oxidation sites excluding steroid dienone is 1. The average molecular weight is 422 g/mol. The molecule has 0 unspecified atom stereocenters. The fourth-order valence-corrected chi connectivity index (χ4v) is 3.35. The molecule has 2 heterocycles. The number of anilines is 1. The monoisotopic (exact) mass is 422 g/mol. The van der Waals surface area contributed by atoms with Crippen LogP contribution in [0.4, 0.5) is 5.69 Å². The van der Waals surface area contributed by atoms with Gasteiger partial charge in [-0.2, -0.15) is 5.10 Å². The van der Waals surface area contributed by atoms with Crippen LogP contribution < -0.4 is 5.32 Å². The van der Waals surface area contributed by atoms with Crippen molar-refractivity contribution in [1.82, 2.24) is 14.8 Å². The van der Waals surface area contributed by atoms with Crippen molar-refractivity contribution in [2.75, 3.05) is 5.32 Å². The topological polar surface area (TPSA) is 76.9 Å². The van der Waals surface area contributed by atoms with Crippen LogP contribution in [0, 0.1) is 0 Å². The molecule has 0 radical (unpaired) electrons. The van der Waals surface area contributed by atoms with Gasteiger partial charge in [0, 0.05) is 47.9 Å². The molecular formula is C26H22N4O2. The van der Waals surface area contributed by atoms with Gasteiger partial charge in [0.2, 0.25) is 5.91 Å². The van der Waals surface area contributed by atoms with Crippen molar-refractivity contribution < 1.29 is 9.59 Å². The molecule has 0 spiro atoms. The summed E-state index contributed by atoms with van der Waals surface area (Å²) >= 11 is 0. The van der Waals surface area contributed by atoms with E-state index in [2.05, 4.69) is 10.3 Å². The highest BCUT2D eigenvalue weighted by Gasteiger charge is 2.11. The molecule has 0 aliphatic carbocycles. The Labute approximate surface area is 186 Å². The molecule has 32 heavy (non-hydrogen) atoms. The third-order valence-corrected chi connectivity index (χ3v) is 4.79. The summed E-state index contributed by atoms with van der Waals surface area (Å²) in [5.41, 5.74) is 4.66. The first-order valence-corrected chi connectivity index (χ1v) is 10.2. The van der Waals surface area contributed by atoms with E-state index in [-0.39, 0.29) is 11.7 Å². The van der Waals surface area contributed by atoms with Gasteiger partial charge in [0.25, 0.3) is 0 Å². The number of nitrogens with zero attached hydrogens (tertiary/aromatic N) is 3. The summed E-state index contributed by atoms with van der Waals surface area (Å²) < 4.78 is 1.86. The lowest BCUT2D eigenvalue weighted by atomic mass is 10.1. The second-order valence-corrected chi connectivity index (χ2v) is 7.32. The number of amides is 1. The highest BCUT2D eigenvalue weighted by molar-refractivity contribution is 6.08. The van der Waals surface area contributed by atoms with Crippen molar-refractivity contribution in [2.45, 2.75) is 13.5 Å². The summed E-state index contributed by atoms with van der Waals surface area (Å²) in [5, 5.41) is 7.44. The van der Waals surface area contributed by atoms with Crippen molar-refractivity contribution in [3.63, 3.8) is 0 Å². The molecule has 0 saturated carbocycles. The highest BCUT2D eigenvalue weighted by Crippen LogP contribution is 2.23. The van der Waals surface area contributed by atoms with Crippen molar-refractivity contribution >= 4 is 23.5 Å². The lowest BCUT2D eigenvalue weighted by molar-refractivity contribution is -0.114. The number of nitrogens with one attached hydrogen (secondary N) is 1. The van der Waals surface area contributed by atoms with Crippen LogP contribution in [0.2, 0.25) is 0 Å². The van der Waals surface area contributed by atoms with Gasteiger partial charge >= 0.3 is 0 Å². The van der Waals surface area contributed by atoms with E-state index >= 15 is 0 Å². The number of pyridine rings is 1. The maximum Gasteiger partial charge on any atom is 0.221 e. The number of hydrogen-bond donors (Lipinski definition) is 1. The van der Waals surface area contributed by atoms with Gasteiger partial charge in [-0.1, -0.05) is 42.5 Å². The Morgan fingerprint density at radius 3 is 2.62 bits per heavy atom. The van der Waals surface area contributed by atoms with E-state index in [0.717, 1.165) is 22.4 Å². The molecule has 6 heteroatoms. The van der Waals surface area contributed by atoms with Crippen LogP contribution in [0.3, 0.4) is 0 Å². The Hall–Kier alpha value is -4.32. The summed E-state index contributed by atoms with van der Waals surface area (Å²) in [4.78, 5) is 28.2. The minimum absolute atomic E-state index is 0.162. The Bertz CT molecular complexity index is 1260. The maximum absolute atomic E-state index is 12.8.